The Hall–Kier alpha value is -1.43. The molecule has 1 aliphatic rings. The molecule has 5 nitrogen and oxygen atoms in total. The summed E-state index contributed by atoms with van der Waals surface area (Å²) >= 11 is 1.14. The number of nitrogens with zero attached hydrogens (tertiary/aromatic N) is 1. The van der Waals surface area contributed by atoms with Crippen LogP contribution < -0.4 is 5.32 Å². The highest BCUT2D eigenvalue weighted by Gasteiger charge is 2.25. The van der Waals surface area contributed by atoms with Gasteiger partial charge in [-0.3, -0.25) is 4.79 Å². The molecule has 0 unspecified atom stereocenters. The smallest absolute Gasteiger partial charge is 0.343 e. The highest BCUT2D eigenvalue weighted by atomic mass is 32.1. The topological polar surface area (TPSA) is 68.3 Å². The maximum absolute atomic E-state index is 12.2. The summed E-state index contributed by atoms with van der Waals surface area (Å²) in [4.78, 5) is 24.1. The number of aromatic nitrogens is 1. The Morgan fingerprint density at radius 1 is 1.35 bits per heavy atom. The molecule has 1 aliphatic carbocycles. The molecule has 1 aromatic heterocycles. The first-order valence-electron chi connectivity index (χ1n) is 7.07. The van der Waals surface area contributed by atoms with Crippen LogP contribution in [-0.4, -0.2) is 22.9 Å². The van der Waals surface area contributed by atoms with Crippen LogP contribution in [0.25, 0.3) is 0 Å². The van der Waals surface area contributed by atoms with Crippen LogP contribution in [0.2, 0.25) is 0 Å². The van der Waals surface area contributed by atoms with Gasteiger partial charge in [0.05, 0.1) is 12.3 Å². The standard InChI is InChI=1S/C14H20N2O3S/c1-3-19-14(18)11-9(2)16-20-13(11)15-12(17)10-7-5-4-6-8-10/h10H,3-8H2,1-2H3,(H,15,17). The fourth-order valence-corrected chi connectivity index (χ4v) is 3.27. The molecular formula is C14H20N2O3S. The molecule has 0 bridgehead atoms. The van der Waals surface area contributed by atoms with E-state index in [1.807, 2.05) is 0 Å². The minimum atomic E-state index is -0.419. The van der Waals surface area contributed by atoms with Crippen molar-refractivity contribution >= 4 is 28.4 Å². The molecule has 2 rings (SSSR count). The van der Waals surface area contributed by atoms with Crippen molar-refractivity contribution in [2.24, 2.45) is 5.92 Å². The van der Waals surface area contributed by atoms with Gasteiger partial charge < -0.3 is 10.1 Å². The number of ether oxygens (including phenoxy) is 1. The zero-order valence-corrected chi connectivity index (χ0v) is 12.7. The second kappa shape index (κ2) is 6.83. The highest BCUT2D eigenvalue weighted by Crippen LogP contribution is 2.29. The van der Waals surface area contributed by atoms with Crippen molar-refractivity contribution in [3.05, 3.63) is 11.3 Å². The first-order valence-corrected chi connectivity index (χ1v) is 7.85. The van der Waals surface area contributed by atoms with Crippen LogP contribution in [0, 0.1) is 12.8 Å². The predicted molar refractivity (Wildman–Crippen MR) is 78.0 cm³/mol. The molecule has 1 fully saturated rings. The summed E-state index contributed by atoms with van der Waals surface area (Å²) in [7, 11) is 0. The van der Waals surface area contributed by atoms with E-state index >= 15 is 0 Å². The van der Waals surface area contributed by atoms with E-state index < -0.39 is 5.97 Å². The van der Waals surface area contributed by atoms with Crippen LogP contribution in [0.15, 0.2) is 0 Å². The fourth-order valence-electron chi connectivity index (χ4n) is 2.48. The molecule has 1 amide bonds. The number of carbonyl (C=O) groups is 2. The van der Waals surface area contributed by atoms with E-state index in [9.17, 15) is 9.59 Å². The van der Waals surface area contributed by atoms with Gasteiger partial charge in [0.15, 0.2) is 0 Å². The third-order valence-corrected chi connectivity index (χ3v) is 4.41. The van der Waals surface area contributed by atoms with Crippen LogP contribution >= 0.6 is 11.5 Å². The molecule has 0 radical (unpaired) electrons. The van der Waals surface area contributed by atoms with Gasteiger partial charge in [-0.25, -0.2) is 4.79 Å². The van der Waals surface area contributed by atoms with E-state index in [0.717, 1.165) is 37.2 Å². The van der Waals surface area contributed by atoms with Crippen LogP contribution in [0.4, 0.5) is 5.00 Å². The van der Waals surface area contributed by atoms with Crippen LogP contribution in [-0.2, 0) is 9.53 Å². The zero-order valence-electron chi connectivity index (χ0n) is 11.9. The van der Waals surface area contributed by atoms with Crippen molar-refractivity contribution < 1.29 is 14.3 Å². The van der Waals surface area contributed by atoms with E-state index in [4.69, 9.17) is 4.74 Å². The Morgan fingerprint density at radius 2 is 2.05 bits per heavy atom. The molecule has 6 heteroatoms. The highest BCUT2D eigenvalue weighted by molar-refractivity contribution is 7.11. The number of amides is 1. The average molecular weight is 296 g/mol. The van der Waals surface area contributed by atoms with Crippen molar-refractivity contribution in [2.75, 3.05) is 11.9 Å². The van der Waals surface area contributed by atoms with Gasteiger partial charge in [0, 0.05) is 5.92 Å². The number of rotatable bonds is 4. The fraction of sp³-hybridized carbons (Fsp3) is 0.643. The summed E-state index contributed by atoms with van der Waals surface area (Å²) < 4.78 is 9.16. The van der Waals surface area contributed by atoms with Crippen LogP contribution in [0.1, 0.15) is 55.1 Å². The van der Waals surface area contributed by atoms with Gasteiger partial charge in [0.1, 0.15) is 10.6 Å². The normalized spacial score (nSPS) is 15.9. The molecule has 20 heavy (non-hydrogen) atoms. The van der Waals surface area contributed by atoms with Gasteiger partial charge >= 0.3 is 5.97 Å². The van der Waals surface area contributed by atoms with Gasteiger partial charge in [-0.2, -0.15) is 4.37 Å². The lowest BCUT2D eigenvalue weighted by Gasteiger charge is -2.20. The van der Waals surface area contributed by atoms with E-state index in [1.165, 1.54) is 6.42 Å². The first-order chi connectivity index (χ1) is 9.63. The lowest BCUT2D eigenvalue weighted by Crippen LogP contribution is -2.25. The second-order valence-corrected chi connectivity index (χ2v) is 5.79. The lowest BCUT2D eigenvalue weighted by molar-refractivity contribution is -0.120. The van der Waals surface area contributed by atoms with E-state index in [-0.39, 0.29) is 11.8 Å². The van der Waals surface area contributed by atoms with Crippen molar-refractivity contribution in [2.45, 2.75) is 46.0 Å². The summed E-state index contributed by atoms with van der Waals surface area (Å²) in [6.07, 6.45) is 5.27. The number of carbonyl (C=O) groups excluding carboxylic acids is 2. The minimum absolute atomic E-state index is 0.00102. The maximum Gasteiger partial charge on any atom is 0.343 e. The third kappa shape index (κ3) is 3.36. The summed E-state index contributed by atoms with van der Waals surface area (Å²) in [6, 6.07) is 0. The zero-order chi connectivity index (χ0) is 14.5. The molecule has 0 saturated heterocycles. The second-order valence-electron chi connectivity index (χ2n) is 5.02. The van der Waals surface area contributed by atoms with Crippen LogP contribution in [0.5, 0.6) is 0 Å². The molecular weight excluding hydrogens is 276 g/mol. The summed E-state index contributed by atoms with van der Waals surface area (Å²) in [5.41, 5.74) is 0.994. The van der Waals surface area contributed by atoms with E-state index in [0.29, 0.717) is 22.9 Å². The van der Waals surface area contributed by atoms with E-state index in [1.54, 1.807) is 13.8 Å². The number of hydrogen-bond acceptors (Lipinski definition) is 5. The van der Waals surface area contributed by atoms with Crippen molar-refractivity contribution in [3.8, 4) is 0 Å². The van der Waals surface area contributed by atoms with E-state index in [2.05, 4.69) is 9.69 Å². The predicted octanol–water partition coefficient (Wildman–Crippen LogP) is 3.15. The third-order valence-electron chi connectivity index (χ3n) is 3.55. The van der Waals surface area contributed by atoms with Crippen LogP contribution in [0.3, 0.4) is 0 Å². The Kier molecular flexibility index (Phi) is 5.11. The van der Waals surface area contributed by atoms with Gasteiger partial charge in [0.25, 0.3) is 0 Å². The number of esters is 1. The first kappa shape index (κ1) is 15.0. The molecule has 1 heterocycles. The monoisotopic (exact) mass is 296 g/mol. The van der Waals surface area contributed by atoms with Gasteiger partial charge in [0.2, 0.25) is 5.91 Å². The number of nitrogens with one attached hydrogen (secondary N) is 1. The number of aryl methyl sites for hydroxylation is 1. The Bertz CT molecular complexity index is 493. The molecule has 1 saturated carbocycles. The molecule has 0 aromatic carbocycles. The molecule has 1 N–H and O–H groups in total. The van der Waals surface area contributed by atoms with Crippen molar-refractivity contribution in [1.29, 1.82) is 0 Å². The Labute approximate surface area is 122 Å². The van der Waals surface area contributed by atoms with Gasteiger partial charge in [-0.1, -0.05) is 19.3 Å². The largest absolute Gasteiger partial charge is 0.462 e. The minimum Gasteiger partial charge on any atom is -0.462 e. The summed E-state index contributed by atoms with van der Waals surface area (Å²) in [5, 5.41) is 3.37. The molecule has 1 aromatic rings. The Balaban J connectivity index is 2.09. The number of hydrogen-bond donors (Lipinski definition) is 1. The summed E-state index contributed by atoms with van der Waals surface area (Å²) in [5.74, 6) is -0.363. The summed E-state index contributed by atoms with van der Waals surface area (Å²) in [6.45, 7) is 3.82. The molecule has 110 valence electrons. The average Bonchev–Trinajstić information content (AvgIpc) is 2.81. The molecule has 0 atom stereocenters. The van der Waals surface area contributed by atoms with Gasteiger partial charge in [-0.15, -0.1) is 0 Å². The molecule has 0 spiro atoms. The maximum atomic E-state index is 12.2. The van der Waals surface area contributed by atoms with Gasteiger partial charge in [-0.05, 0) is 38.2 Å². The SMILES string of the molecule is CCOC(=O)c1c(C)nsc1NC(=O)C1CCCCC1. The lowest BCUT2D eigenvalue weighted by atomic mass is 9.89. The quantitative estimate of drug-likeness (QED) is 0.867. The number of anilines is 1. The van der Waals surface area contributed by atoms with Crippen molar-refractivity contribution in [1.82, 2.24) is 4.37 Å². The molecule has 0 aliphatic heterocycles. The van der Waals surface area contributed by atoms with Crippen molar-refractivity contribution in [3.63, 3.8) is 0 Å². The Morgan fingerprint density at radius 3 is 2.70 bits per heavy atom.